The number of fused-ring (bicyclic) bond motifs is 1. The highest BCUT2D eigenvalue weighted by molar-refractivity contribution is 6.55. The Balaban J connectivity index is 1.69. The first kappa shape index (κ1) is 18.2. The Morgan fingerprint density at radius 3 is 2.66 bits per heavy atom. The molecule has 0 N–H and O–H groups in total. The maximum Gasteiger partial charge on any atom is 0.278 e. The number of nitrogens with zero attached hydrogens (tertiary/aromatic N) is 2. The molecule has 5 heteroatoms. The van der Waals surface area contributed by atoms with Gasteiger partial charge in [-0.3, -0.25) is 4.79 Å². The molecule has 0 bridgehead atoms. The number of carbonyl (C=O) groups is 1. The summed E-state index contributed by atoms with van der Waals surface area (Å²) in [6.07, 6.45) is 1.87. The number of rotatable bonds is 2. The van der Waals surface area contributed by atoms with Gasteiger partial charge in [0.05, 0.1) is 11.4 Å². The van der Waals surface area contributed by atoms with Crippen molar-refractivity contribution in [2.75, 3.05) is 18.1 Å². The quantitative estimate of drug-likeness (QED) is 0.742. The van der Waals surface area contributed by atoms with Crippen LogP contribution in [0.5, 0.6) is 11.5 Å². The minimum absolute atomic E-state index is 0.0127. The number of amides is 1. The predicted octanol–water partition coefficient (Wildman–Crippen LogP) is 4.77. The second-order valence-electron chi connectivity index (χ2n) is 8.78. The van der Waals surface area contributed by atoms with E-state index in [1.807, 2.05) is 23.1 Å². The zero-order chi connectivity index (χ0) is 20.3. The number of ether oxygens (including phenoxy) is 2. The zero-order valence-electron chi connectivity index (χ0n) is 17.4. The molecule has 3 heterocycles. The molecule has 0 radical (unpaired) electrons. The van der Waals surface area contributed by atoms with E-state index in [1.54, 1.807) is 0 Å². The molecule has 5 rings (SSSR count). The van der Waals surface area contributed by atoms with E-state index in [1.165, 1.54) is 11.1 Å². The molecule has 0 unspecified atom stereocenters. The van der Waals surface area contributed by atoms with Crippen molar-refractivity contribution in [3.8, 4) is 11.5 Å². The van der Waals surface area contributed by atoms with Gasteiger partial charge in [-0.15, -0.1) is 0 Å². The summed E-state index contributed by atoms with van der Waals surface area (Å²) >= 11 is 0. The van der Waals surface area contributed by atoms with Crippen molar-refractivity contribution in [1.29, 1.82) is 0 Å². The molecule has 5 nitrogen and oxygen atoms in total. The van der Waals surface area contributed by atoms with E-state index in [4.69, 9.17) is 14.5 Å². The van der Waals surface area contributed by atoms with Gasteiger partial charge in [0.25, 0.3) is 5.91 Å². The molecule has 2 aromatic rings. The number of aryl methyl sites for hydroxylation is 1. The van der Waals surface area contributed by atoms with Crippen LogP contribution in [-0.4, -0.2) is 30.4 Å². The molecule has 0 spiro atoms. The number of benzene rings is 2. The summed E-state index contributed by atoms with van der Waals surface area (Å²) in [5, 5.41) is 0. The molecule has 1 amide bonds. The fraction of sp³-hybridized carbons (Fsp3) is 0.417. The average molecular weight is 390 g/mol. The van der Waals surface area contributed by atoms with Crippen LogP contribution in [0.25, 0.3) is 0 Å². The smallest absolute Gasteiger partial charge is 0.278 e. The van der Waals surface area contributed by atoms with Gasteiger partial charge in [-0.1, -0.05) is 19.9 Å². The molecule has 0 saturated carbocycles. The van der Waals surface area contributed by atoms with Crippen LogP contribution in [0, 0.1) is 0 Å². The first-order chi connectivity index (χ1) is 13.9. The van der Waals surface area contributed by atoms with Crippen LogP contribution < -0.4 is 14.4 Å². The van der Waals surface area contributed by atoms with Gasteiger partial charge in [-0.25, -0.2) is 4.99 Å². The summed E-state index contributed by atoms with van der Waals surface area (Å²) in [5.41, 5.74) is 5.51. The van der Waals surface area contributed by atoms with E-state index in [9.17, 15) is 4.79 Å². The molecular weight excluding hydrogens is 364 g/mol. The highest BCUT2D eigenvalue weighted by atomic mass is 16.6. The van der Waals surface area contributed by atoms with Crippen molar-refractivity contribution in [3.05, 3.63) is 47.0 Å². The van der Waals surface area contributed by atoms with Gasteiger partial charge < -0.3 is 14.4 Å². The molecule has 0 aliphatic carbocycles. The third-order valence-corrected chi connectivity index (χ3v) is 6.20. The first-order valence-electron chi connectivity index (χ1n) is 10.4. The van der Waals surface area contributed by atoms with Gasteiger partial charge in [0.15, 0.2) is 11.5 Å². The largest absolute Gasteiger partial charge is 0.486 e. The lowest BCUT2D eigenvalue weighted by Crippen LogP contribution is -2.50. The standard InChI is InChI=1S/C24H26N2O3/c1-5-15-10-17-14(2)13-24(3,4)26-22(17)18(11-15)21(23(26)27)25-16-6-7-19-20(12-16)29-9-8-28-19/h6-7,10-12,14H,5,8-9,13H2,1-4H3/t14-/m0/s1. The molecule has 1 atom stereocenters. The Bertz CT molecular complexity index is 1050. The second-order valence-corrected chi connectivity index (χ2v) is 8.78. The summed E-state index contributed by atoms with van der Waals surface area (Å²) in [7, 11) is 0. The minimum Gasteiger partial charge on any atom is -0.486 e. The predicted molar refractivity (Wildman–Crippen MR) is 114 cm³/mol. The first-order valence-corrected chi connectivity index (χ1v) is 10.4. The summed E-state index contributed by atoms with van der Waals surface area (Å²) in [5.74, 6) is 1.80. The summed E-state index contributed by atoms with van der Waals surface area (Å²) in [4.78, 5) is 20.3. The van der Waals surface area contributed by atoms with Crippen LogP contribution in [0.1, 0.15) is 56.7 Å². The van der Waals surface area contributed by atoms with Crippen molar-refractivity contribution in [2.24, 2.45) is 4.99 Å². The lowest BCUT2D eigenvalue weighted by molar-refractivity contribution is -0.113. The van der Waals surface area contributed by atoms with Gasteiger partial charge in [0, 0.05) is 17.2 Å². The maximum absolute atomic E-state index is 13.5. The van der Waals surface area contributed by atoms with E-state index >= 15 is 0 Å². The Kier molecular flexibility index (Phi) is 3.99. The van der Waals surface area contributed by atoms with Crippen LogP contribution in [-0.2, 0) is 11.2 Å². The fourth-order valence-corrected chi connectivity index (χ4v) is 4.92. The van der Waals surface area contributed by atoms with E-state index in [2.05, 4.69) is 39.8 Å². The minimum atomic E-state index is -0.240. The van der Waals surface area contributed by atoms with Crippen LogP contribution in [0.2, 0.25) is 0 Å². The van der Waals surface area contributed by atoms with E-state index in [0.29, 0.717) is 36.3 Å². The van der Waals surface area contributed by atoms with Gasteiger partial charge >= 0.3 is 0 Å². The Hall–Kier alpha value is -2.82. The van der Waals surface area contributed by atoms with Gasteiger partial charge in [0.2, 0.25) is 0 Å². The molecule has 3 aliphatic rings. The second kappa shape index (κ2) is 6.34. The monoisotopic (exact) mass is 390 g/mol. The molecule has 0 saturated heterocycles. The van der Waals surface area contributed by atoms with Crippen molar-refractivity contribution >= 4 is 23.0 Å². The SMILES string of the molecule is CCc1cc2c3c(c1)[C@@H](C)CC(C)(C)N3C(=O)C2=Nc1ccc2c(c1)OCCO2. The van der Waals surface area contributed by atoms with Crippen molar-refractivity contribution in [3.63, 3.8) is 0 Å². The van der Waals surface area contributed by atoms with Crippen LogP contribution in [0.4, 0.5) is 11.4 Å². The molecular formula is C24H26N2O3. The highest BCUT2D eigenvalue weighted by Gasteiger charge is 2.48. The topological polar surface area (TPSA) is 51.1 Å². The maximum atomic E-state index is 13.5. The van der Waals surface area contributed by atoms with Gasteiger partial charge in [-0.05, 0) is 61.9 Å². The lowest BCUT2D eigenvalue weighted by Gasteiger charge is -2.43. The summed E-state index contributed by atoms with van der Waals surface area (Å²) in [6, 6.07) is 10.0. The van der Waals surface area contributed by atoms with Crippen LogP contribution >= 0.6 is 0 Å². The Morgan fingerprint density at radius 1 is 1.14 bits per heavy atom. The molecule has 0 aromatic heterocycles. The molecule has 29 heavy (non-hydrogen) atoms. The summed E-state index contributed by atoms with van der Waals surface area (Å²) in [6.45, 7) is 9.78. The number of hydrogen-bond donors (Lipinski definition) is 0. The normalized spacial score (nSPS) is 22.8. The van der Waals surface area contributed by atoms with Crippen molar-refractivity contribution in [1.82, 2.24) is 0 Å². The van der Waals surface area contributed by atoms with E-state index in [0.717, 1.165) is 29.8 Å². The third-order valence-electron chi connectivity index (χ3n) is 6.20. The average Bonchev–Trinajstić information content (AvgIpc) is 2.98. The van der Waals surface area contributed by atoms with Gasteiger partial charge in [-0.2, -0.15) is 0 Å². The van der Waals surface area contributed by atoms with Crippen LogP contribution in [0.3, 0.4) is 0 Å². The number of aliphatic imine (C=N–C) groups is 1. The molecule has 0 fully saturated rings. The Morgan fingerprint density at radius 2 is 1.90 bits per heavy atom. The molecule has 2 aromatic carbocycles. The number of carbonyl (C=O) groups excluding carboxylic acids is 1. The van der Waals surface area contributed by atoms with Crippen LogP contribution in [0.15, 0.2) is 35.3 Å². The molecule has 3 aliphatic heterocycles. The van der Waals surface area contributed by atoms with Crippen molar-refractivity contribution < 1.29 is 14.3 Å². The number of anilines is 1. The zero-order valence-corrected chi connectivity index (χ0v) is 17.4. The molecule has 150 valence electrons. The number of hydrogen-bond acceptors (Lipinski definition) is 4. The summed E-state index contributed by atoms with van der Waals surface area (Å²) < 4.78 is 11.3. The van der Waals surface area contributed by atoms with Crippen molar-refractivity contribution in [2.45, 2.75) is 52.0 Å². The van der Waals surface area contributed by atoms with E-state index < -0.39 is 0 Å². The third kappa shape index (κ3) is 2.75. The van der Waals surface area contributed by atoms with Gasteiger partial charge in [0.1, 0.15) is 18.9 Å². The van der Waals surface area contributed by atoms with E-state index in [-0.39, 0.29) is 11.4 Å². The lowest BCUT2D eigenvalue weighted by atomic mass is 9.79. The fourth-order valence-electron chi connectivity index (χ4n) is 4.92. The Labute approximate surface area is 171 Å². The highest BCUT2D eigenvalue weighted by Crippen LogP contribution is 2.49.